The van der Waals surface area contributed by atoms with Crippen molar-refractivity contribution in [2.45, 2.75) is 19.6 Å². The van der Waals surface area contributed by atoms with E-state index in [0.29, 0.717) is 11.5 Å². The van der Waals surface area contributed by atoms with Crippen molar-refractivity contribution in [1.82, 2.24) is 10.6 Å². The lowest BCUT2D eigenvalue weighted by Crippen LogP contribution is -2.49. The van der Waals surface area contributed by atoms with Crippen LogP contribution in [0.5, 0.6) is 5.75 Å². The number of benzene rings is 1. The first kappa shape index (κ1) is 19.6. The van der Waals surface area contributed by atoms with Gasteiger partial charge in [0.15, 0.2) is 6.61 Å². The fourth-order valence-electron chi connectivity index (χ4n) is 2.14. The average molecular weight is 353 g/mol. The van der Waals surface area contributed by atoms with Gasteiger partial charge in [-0.05, 0) is 36.7 Å². The fraction of sp³-hybridized carbons (Fsp3) is 0.533. The lowest BCUT2D eigenvalue weighted by molar-refractivity contribution is -0.153. The van der Waals surface area contributed by atoms with E-state index >= 15 is 0 Å². The number of nitrogens with one attached hydrogen (secondary N) is 2. The number of alkyl halides is 3. The van der Waals surface area contributed by atoms with Crippen LogP contribution in [0.3, 0.4) is 0 Å². The molecule has 0 spiro atoms. The Labute approximate surface area is 139 Å². The van der Waals surface area contributed by atoms with Crippen LogP contribution < -0.4 is 15.4 Å². The van der Waals surface area contributed by atoms with E-state index in [4.69, 9.17) is 0 Å². The Balaban J connectivity index is 0.00000264. The summed E-state index contributed by atoms with van der Waals surface area (Å²) >= 11 is 0. The Morgan fingerprint density at radius 2 is 2.13 bits per heavy atom. The van der Waals surface area contributed by atoms with Crippen LogP contribution >= 0.6 is 12.4 Å². The average Bonchev–Trinajstić information content (AvgIpc) is 2.40. The van der Waals surface area contributed by atoms with E-state index in [-0.39, 0.29) is 36.5 Å². The number of halogens is 4. The van der Waals surface area contributed by atoms with E-state index in [0.717, 1.165) is 13.1 Å². The van der Waals surface area contributed by atoms with Gasteiger partial charge in [-0.2, -0.15) is 13.2 Å². The SMILES string of the molecule is CC(C(=O)NCc1cccc(OCC(F)(F)F)c1)C1CNC1.Cl. The smallest absolute Gasteiger partial charge is 0.422 e. The first-order valence-corrected chi connectivity index (χ1v) is 7.12. The fourth-order valence-corrected chi connectivity index (χ4v) is 2.14. The second-order valence-electron chi connectivity index (χ2n) is 5.48. The molecule has 1 atom stereocenters. The molecule has 0 saturated carbocycles. The molecule has 4 nitrogen and oxygen atoms in total. The Morgan fingerprint density at radius 1 is 1.43 bits per heavy atom. The summed E-state index contributed by atoms with van der Waals surface area (Å²) in [6.45, 7) is 2.51. The summed E-state index contributed by atoms with van der Waals surface area (Å²) in [6.07, 6.45) is -4.36. The summed E-state index contributed by atoms with van der Waals surface area (Å²) in [7, 11) is 0. The highest BCUT2D eigenvalue weighted by Crippen LogP contribution is 2.20. The van der Waals surface area contributed by atoms with Gasteiger partial charge >= 0.3 is 6.18 Å². The first-order valence-electron chi connectivity index (χ1n) is 7.12. The third-order valence-electron chi connectivity index (χ3n) is 3.70. The van der Waals surface area contributed by atoms with E-state index < -0.39 is 12.8 Å². The third kappa shape index (κ3) is 6.27. The molecular weight excluding hydrogens is 333 g/mol. The number of amides is 1. The molecular formula is C15H20ClF3N2O2. The van der Waals surface area contributed by atoms with Crippen LogP contribution in [0.25, 0.3) is 0 Å². The summed E-state index contributed by atoms with van der Waals surface area (Å²) in [5, 5.41) is 5.92. The molecule has 1 heterocycles. The lowest BCUT2D eigenvalue weighted by Gasteiger charge is -2.31. The molecule has 0 aliphatic carbocycles. The Hall–Kier alpha value is -1.47. The molecule has 23 heavy (non-hydrogen) atoms. The molecule has 130 valence electrons. The van der Waals surface area contributed by atoms with Gasteiger partial charge in [0.1, 0.15) is 5.75 Å². The molecule has 1 fully saturated rings. The molecule has 2 rings (SSSR count). The first-order chi connectivity index (χ1) is 10.3. The highest BCUT2D eigenvalue weighted by molar-refractivity contribution is 5.85. The second kappa shape index (κ2) is 8.40. The van der Waals surface area contributed by atoms with Gasteiger partial charge in [-0.3, -0.25) is 4.79 Å². The quantitative estimate of drug-likeness (QED) is 0.827. The van der Waals surface area contributed by atoms with Gasteiger partial charge < -0.3 is 15.4 Å². The molecule has 1 aliphatic rings. The third-order valence-corrected chi connectivity index (χ3v) is 3.70. The van der Waals surface area contributed by atoms with E-state index in [1.54, 1.807) is 12.1 Å². The topological polar surface area (TPSA) is 50.4 Å². The number of rotatable bonds is 6. The summed E-state index contributed by atoms with van der Waals surface area (Å²) in [5.41, 5.74) is 0.701. The van der Waals surface area contributed by atoms with Crippen molar-refractivity contribution in [2.24, 2.45) is 11.8 Å². The van der Waals surface area contributed by atoms with Crippen LogP contribution in [0.2, 0.25) is 0 Å². The van der Waals surface area contributed by atoms with Crippen LogP contribution in [-0.4, -0.2) is 31.8 Å². The van der Waals surface area contributed by atoms with Gasteiger partial charge in [-0.15, -0.1) is 12.4 Å². The Bertz CT molecular complexity index is 522. The zero-order valence-electron chi connectivity index (χ0n) is 12.7. The van der Waals surface area contributed by atoms with Crippen LogP contribution in [0.15, 0.2) is 24.3 Å². The van der Waals surface area contributed by atoms with Crippen LogP contribution in [0.1, 0.15) is 12.5 Å². The van der Waals surface area contributed by atoms with Crippen molar-refractivity contribution in [2.75, 3.05) is 19.7 Å². The van der Waals surface area contributed by atoms with Gasteiger partial charge in [0.25, 0.3) is 0 Å². The van der Waals surface area contributed by atoms with Crippen LogP contribution in [0, 0.1) is 11.8 Å². The molecule has 1 amide bonds. The normalized spacial score (nSPS) is 16.0. The minimum atomic E-state index is -4.36. The summed E-state index contributed by atoms with van der Waals surface area (Å²) in [4.78, 5) is 12.0. The lowest BCUT2D eigenvalue weighted by atomic mass is 9.88. The molecule has 1 aromatic carbocycles. The zero-order valence-corrected chi connectivity index (χ0v) is 13.5. The molecule has 1 aliphatic heterocycles. The van der Waals surface area contributed by atoms with Gasteiger partial charge in [0.2, 0.25) is 5.91 Å². The van der Waals surface area contributed by atoms with Crippen molar-refractivity contribution in [1.29, 1.82) is 0 Å². The number of hydrogen-bond donors (Lipinski definition) is 2. The Morgan fingerprint density at radius 3 is 2.70 bits per heavy atom. The summed E-state index contributed by atoms with van der Waals surface area (Å²) in [6, 6.07) is 6.30. The van der Waals surface area contributed by atoms with Crippen molar-refractivity contribution in [3.8, 4) is 5.75 Å². The maximum absolute atomic E-state index is 12.1. The molecule has 0 bridgehead atoms. The van der Waals surface area contributed by atoms with E-state index in [9.17, 15) is 18.0 Å². The van der Waals surface area contributed by atoms with Crippen molar-refractivity contribution >= 4 is 18.3 Å². The summed E-state index contributed by atoms with van der Waals surface area (Å²) in [5.74, 6) is 0.362. The molecule has 1 saturated heterocycles. The Kier molecular flexibility index (Phi) is 7.15. The predicted molar refractivity (Wildman–Crippen MR) is 82.6 cm³/mol. The van der Waals surface area contributed by atoms with E-state index in [2.05, 4.69) is 15.4 Å². The summed E-state index contributed by atoms with van der Waals surface area (Å²) < 4.78 is 41.0. The maximum atomic E-state index is 12.1. The zero-order chi connectivity index (χ0) is 16.2. The van der Waals surface area contributed by atoms with E-state index in [1.165, 1.54) is 12.1 Å². The van der Waals surface area contributed by atoms with Crippen LogP contribution in [-0.2, 0) is 11.3 Å². The van der Waals surface area contributed by atoms with E-state index in [1.807, 2.05) is 6.92 Å². The molecule has 2 N–H and O–H groups in total. The number of ether oxygens (including phenoxy) is 1. The molecule has 1 unspecified atom stereocenters. The molecule has 0 aromatic heterocycles. The molecule has 8 heteroatoms. The number of carbonyl (C=O) groups is 1. The highest BCUT2D eigenvalue weighted by Gasteiger charge is 2.29. The minimum Gasteiger partial charge on any atom is -0.484 e. The predicted octanol–water partition coefficient (Wildman–Crippen LogP) is 2.52. The van der Waals surface area contributed by atoms with Gasteiger partial charge in [-0.1, -0.05) is 19.1 Å². The highest BCUT2D eigenvalue weighted by atomic mass is 35.5. The largest absolute Gasteiger partial charge is 0.484 e. The van der Waals surface area contributed by atoms with Crippen molar-refractivity contribution in [3.63, 3.8) is 0 Å². The van der Waals surface area contributed by atoms with Crippen LogP contribution in [0.4, 0.5) is 13.2 Å². The number of carbonyl (C=O) groups excluding carboxylic acids is 1. The van der Waals surface area contributed by atoms with Gasteiger partial charge in [0, 0.05) is 12.5 Å². The number of hydrogen-bond acceptors (Lipinski definition) is 3. The molecule has 1 aromatic rings. The van der Waals surface area contributed by atoms with Gasteiger partial charge in [0.05, 0.1) is 0 Å². The second-order valence-corrected chi connectivity index (χ2v) is 5.48. The van der Waals surface area contributed by atoms with Crippen molar-refractivity contribution in [3.05, 3.63) is 29.8 Å². The van der Waals surface area contributed by atoms with Crippen molar-refractivity contribution < 1.29 is 22.7 Å². The standard InChI is InChI=1S/C15H19F3N2O2.ClH/c1-10(12-7-19-8-12)14(21)20-6-11-3-2-4-13(5-11)22-9-15(16,17)18;/h2-5,10,12,19H,6-9H2,1H3,(H,20,21);1H. The minimum absolute atomic E-state index is 0. The van der Waals surface area contributed by atoms with Gasteiger partial charge in [-0.25, -0.2) is 0 Å². The molecule has 0 radical (unpaired) electrons. The maximum Gasteiger partial charge on any atom is 0.422 e. The monoisotopic (exact) mass is 352 g/mol.